The lowest BCUT2D eigenvalue weighted by molar-refractivity contribution is -0.121. The fourth-order valence-corrected chi connectivity index (χ4v) is 1.19. The van der Waals surface area contributed by atoms with E-state index in [0.29, 0.717) is 6.42 Å². The standard InChI is InChI=1S/C6H15N3O3S/c1-5(7)6(10)9-3-2-4-13(8,11)12/h5H,2-4,7H2,1H3,(H,9,10)(H2,8,11,12)/t5-/m1/s1. The zero-order valence-corrected chi connectivity index (χ0v) is 8.30. The van der Waals surface area contributed by atoms with E-state index in [2.05, 4.69) is 5.32 Å². The Morgan fingerprint density at radius 3 is 2.46 bits per heavy atom. The molecule has 0 saturated carbocycles. The van der Waals surface area contributed by atoms with E-state index >= 15 is 0 Å². The van der Waals surface area contributed by atoms with E-state index in [-0.39, 0.29) is 18.2 Å². The van der Waals surface area contributed by atoms with Crippen molar-refractivity contribution in [3.05, 3.63) is 0 Å². The number of carbonyl (C=O) groups is 1. The van der Waals surface area contributed by atoms with Crippen molar-refractivity contribution in [2.24, 2.45) is 10.9 Å². The normalized spacial score (nSPS) is 13.8. The summed E-state index contributed by atoms with van der Waals surface area (Å²) in [4.78, 5) is 10.9. The Morgan fingerprint density at radius 1 is 1.54 bits per heavy atom. The molecule has 78 valence electrons. The summed E-state index contributed by atoms with van der Waals surface area (Å²) in [6.45, 7) is 1.83. The zero-order valence-electron chi connectivity index (χ0n) is 7.49. The first-order valence-electron chi connectivity index (χ1n) is 3.86. The SMILES string of the molecule is C[C@@H](N)C(=O)NCCCS(N)(=O)=O. The van der Waals surface area contributed by atoms with E-state index in [1.54, 1.807) is 6.92 Å². The number of carbonyl (C=O) groups excluding carboxylic acids is 1. The van der Waals surface area contributed by atoms with Crippen LogP contribution in [-0.2, 0) is 14.8 Å². The van der Waals surface area contributed by atoms with Crippen molar-refractivity contribution >= 4 is 15.9 Å². The van der Waals surface area contributed by atoms with Gasteiger partial charge < -0.3 is 11.1 Å². The molecule has 5 N–H and O–H groups in total. The highest BCUT2D eigenvalue weighted by molar-refractivity contribution is 7.89. The molecular weight excluding hydrogens is 194 g/mol. The Labute approximate surface area is 77.7 Å². The number of sulfonamides is 1. The van der Waals surface area contributed by atoms with Gasteiger partial charge in [0.05, 0.1) is 11.8 Å². The van der Waals surface area contributed by atoms with E-state index in [1.807, 2.05) is 0 Å². The minimum Gasteiger partial charge on any atom is -0.355 e. The van der Waals surface area contributed by atoms with E-state index in [1.165, 1.54) is 0 Å². The highest BCUT2D eigenvalue weighted by Gasteiger charge is 2.06. The summed E-state index contributed by atoms with van der Waals surface area (Å²) in [6, 6.07) is -0.575. The van der Waals surface area contributed by atoms with Gasteiger partial charge in [-0.3, -0.25) is 4.79 Å². The van der Waals surface area contributed by atoms with Gasteiger partial charge >= 0.3 is 0 Å². The summed E-state index contributed by atoms with van der Waals surface area (Å²) in [5, 5.41) is 7.22. The van der Waals surface area contributed by atoms with Crippen LogP contribution in [0.5, 0.6) is 0 Å². The minimum absolute atomic E-state index is 0.133. The molecule has 0 aromatic heterocycles. The molecule has 1 amide bonds. The molecule has 0 radical (unpaired) electrons. The second kappa shape index (κ2) is 5.15. The molecule has 0 saturated heterocycles. The summed E-state index contributed by atoms with van der Waals surface area (Å²) in [5.74, 6) is -0.430. The maximum atomic E-state index is 10.9. The van der Waals surface area contributed by atoms with Gasteiger partial charge in [0.25, 0.3) is 0 Å². The lowest BCUT2D eigenvalue weighted by atomic mass is 10.3. The van der Waals surface area contributed by atoms with Crippen LogP contribution >= 0.6 is 0 Å². The van der Waals surface area contributed by atoms with Crippen LogP contribution in [0.4, 0.5) is 0 Å². The monoisotopic (exact) mass is 209 g/mol. The van der Waals surface area contributed by atoms with Gasteiger partial charge in [0.1, 0.15) is 0 Å². The average Bonchev–Trinajstić information content (AvgIpc) is 1.95. The molecule has 1 atom stereocenters. The Morgan fingerprint density at radius 2 is 2.08 bits per heavy atom. The third kappa shape index (κ3) is 7.69. The Hall–Kier alpha value is -0.660. The minimum atomic E-state index is -3.42. The molecule has 0 heterocycles. The highest BCUT2D eigenvalue weighted by atomic mass is 32.2. The summed E-state index contributed by atoms with van der Waals surface area (Å²) in [7, 11) is -3.42. The maximum Gasteiger partial charge on any atom is 0.236 e. The van der Waals surface area contributed by atoms with Gasteiger partial charge in [-0.05, 0) is 13.3 Å². The van der Waals surface area contributed by atoms with Gasteiger partial charge in [0.15, 0.2) is 0 Å². The molecule has 0 rings (SSSR count). The molecule has 0 spiro atoms. The van der Waals surface area contributed by atoms with Gasteiger partial charge in [0.2, 0.25) is 15.9 Å². The topological polar surface area (TPSA) is 115 Å². The van der Waals surface area contributed by atoms with Crippen LogP contribution in [0.15, 0.2) is 0 Å². The summed E-state index contributed by atoms with van der Waals surface area (Å²) >= 11 is 0. The molecule has 0 aromatic rings. The van der Waals surface area contributed by atoms with E-state index in [4.69, 9.17) is 10.9 Å². The number of primary sulfonamides is 1. The first-order chi connectivity index (χ1) is 5.83. The average molecular weight is 209 g/mol. The zero-order chi connectivity index (χ0) is 10.5. The van der Waals surface area contributed by atoms with Gasteiger partial charge in [0, 0.05) is 6.54 Å². The quantitative estimate of drug-likeness (QED) is 0.460. The molecule has 0 aliphatic carbocycles. The Bertz CT molecular complexity index is 260. The summed E-state index contributed by atoms with van der Waals surface area (Å²) in [5.41, 5.74) is 5.25. The van der Waals surface area contributed by atoms with Crippen molar-refractivity contribution in [3.63, 3.8) is 0 Å². The van der Waals surface area contributed by atoms with Crippen LogP contribution in [0.2, 0.25) is 0 Å². The largest absolute Gasteiger partial charge is 0.355 e. The van der Waals surface area contributed by atoms with Gasteiger partial charge in [-0.15, -0.1) is 0 Å². The summed E-state index contributed by atoms with van der Waals surface area (Å²) < 4.78 is 20.9. The molecule has 0 unspecified atom stereocenters. The van der Waals surface area contributed by atoms with Gasteiger partial charge in [-0.25, -0.2) is 13.6 Å². The lowest BCUT2D eigenvalue weighted by Gasteiger charge is -2.06. The van der Waals surface area contributed by atoms with E-state index < -0.39 is 16.1 Å². The van der Waals surface area contributed by atoms with Crippen molar-refractivity contribution in [2.45, 2.75) is 19.4 Å². The van der Waals surface area contributed by atoms with Crippen molar-refractivity contribution in [2.75, 3.05) is 12.3 Å². The van der Waals surface area contributed by atoms with Crippen LogP contribution in [0.1, 0.15) is 13.3 Å². The predicted octanol–water partition coefficient (Wildman–Crippen LogP) is -1.87. The number of nitrogens with one attached hydrogen (secondary N) is 1. The van der Waals surface area contributed by atoms with Crippen LogP contribution in [0, 0.1) is 0 Å². The number of hydrogen-bond acceptors (Lipinski definition) is 4. The van der Waals surface area contributed by atoms with E-state index in [9.17, 15) is 13.2 Å². The first-order valence-corrected chi connectivity index (χ1v) is 5.58. The lowest BCUT2D eigenvalue weighted by Crippen LogP contribution is -2.39. The summed E-state index contributed by atoms with van der Waals surface area (Å²) in [6.07, 6.45) is 0.303. The van der Waals surface area contributed by atoms with Crippen LogP contribution in [-0.4, -0.2) is 32.7 Å². The third-order valence-corrected chi connectivity index (χ3v) is 2.18. The molecule has 0 aliphatic heterocycles. The number of amides is 1. The van der Waals surface area contributed by atoms with Crippen LogP contribution in [0.3, 0.4) is 0 Å². The second-order valence-electron chi connectivity index (χ2n) is 2.80. The maximum absolute atomic E-state index is 10.9. The van der Waals surface area contributed by atoms with Crippen molar-refractivity contribution < 1.29 is 13.2 Å². The molecule has 7 heteroatoms. The Kier molecular flexibility index (Phi) is 4.89. The molecule has 0 aromatic carbocycles. The molecule has 13 heavy (non-hydrogen) atoms. The molecule has 0 fully saturated rings. The fraction of sp³-hybridized carbons (Fsp3) is 0.833. The molecule has 6 nitrogen and oxygen atoms in total. The number of rotatable bonds is 5. The predicted molar refractivity (Wildman–Crippen MR) is 49.3 cm³/mol. The fourth-order valence-electron chi connectivity index (χ4n) is 0.646. The van der Waals surface area contributed by atoms with Gasteiger partial charge in [-0.2, -0.15) is 0 Å². The van der Waals surface area contributed by atoms with Crippen LogP contribution < -0.4 is 16.2 Å². The molecule has 0 aliphatic rings. The molecular formula is C6H15N3O3S. The van der Waals surface area contributed by atoms with Crippen molar-refractivity contribution in [1.29, 1.82) is 0 Å². The van der Waals surface area contributed by atoms with Crippen molar-refractivity contribution in [1.82, 2.24) is 5.32 Å². The third-order valence-electron chi connectivity index (χ3n) is 1.32. The Balaban J connectivity index is 3.53. The number of nitrogens with two attached hydrogens (primary N) is 2. The first kappa shape index (κ1) is 12.3. The second-order valence-corrected chi connectivity index (χ2v) is 4.53. The van der Waals surface area contributed by atoms with E-state index in [0.717, 1.165) is 0 Å². The van der Waals surface area contributed by atoms with Crippen molar-refractivity contribution in [3.8, 4) is 0 Å². The smallest absolute Gasteiger partial charge is 0.236 e. The molecule has 0 bridgehead atoms. The van der Waals surface area contributed by atoms with Gasteiger partial charge in [-0.1, -0.05) is 0 Å². The highest BCUT2D eigenvalue weighted by Crippen LogP contribution is 1.84. The number of hydrogen-bond donors (Lipinski definition) is 3. The van der Waals surface area contributed by atoms with Crippen LogP contribution in [0.25, 0.3) is 0 Å².